The highest BCUT2D eigenvalue weighted by molar-refractivity contribution is 8.02. The Balaban J connectivity index is 1.54. The molecule has 1 spiro atoms. The second-order valence-electron chi connectivity index (χ2n) is 11.1. The van der Waals surface area contributed by atoms with Gasteiger partial charge in [0, 0.05) is 44.2 Å². The molecule has 8 heteroatoms. The van der Waals surface area contributed by atoms with Gasteiger partial charge >= 0.3 is 0 Å². The number of likely N-dealkylation sites (N-methyl/N-ethyl adjacent to an activating group) is 1. The molecule has 0 saturated carbocycles. The first-order valence-electron chi connectivity index (χ1n) is 14.2. The highest BCUT2D eigenvalue weighted by atomic mass is 32.2. The Morgan fingerprint density at radius 3 is 2.55 bits per heavy atom. The van der Waals surface area contributed by atoms with Gasteiger partial charge in [-0.3, -0.25) is 14.4 Å². The van der Waals surface area contributed by atoms with Gasteiger partial charge in [-0.2, -0.15) is 0 Å². The van der Waals surface area contributed by atoms with Crippen LogP contribution in [0.2, 0.25) is 0 Å². The zero-order valence-corrected chi connectivity index (χ0v) is 24.0. The lowest BCUT2D eigenvalue weighted by Crippen LogP contribution is -2.55. The van der Waals surface area contributed by atoms with Gasteiger partial charge in [0.25, 0.3) is 5.91 Å². The van der Waals surface area contributed by atoms with Crippen molar-refractivity contribution in [2.45, 2.75) is 48.1 Å². The maximum Gasteiger partial charge on any atom is 0.251 e. The van der Waals surface area contributed by atoms with Crippen molar-refractivity contribution in [3.63, 3.8) is 0 Å². The second kappa shape index (κ2) is 11.8. The van der Waals surface area contributed by atoms with Gasteiger partial charge in [0.2, 0.25) is 11.8 Å². The Bertz CT molecular complexity index is 1310. The number of nitrogens with zero attached hydrogens (tertiary/aromatic N) is 3. The van der Waals surface area contributed by atoms with Crippen molar-refractivity contribution in [3.8, 4) is 0 Å². The molecule has 2 unspecified atom stereocenters. The summed E-state index contributed by atoms with van der Waals surface area (Å²) in [5.74, 6) is -1.20. The first-order valence-corrected chi connectivity index (χ1v) is 15.1. The molecule has 0 radical (unpaired) electrons. The first-order chi connectivity index (χ1) is 19.4. The van der Waals surface area contributed by atoms with E-state index in [-0.39, 0.29) is 29.6 Å². The first kappa shape index (κ1) is 28.4. The van der Waals surface area contributed by atoms with Gasteiger partial charge in [0.15, 0.2) is 0 Å². The van der Waals surface area contributed by atoms with Crippen LogP contribution in [-0.2, 0) is 14.4 Å². The monoisotopic (exact) mass is 561 g/mol. The summed E-state index contributed by atoms with van der Waals surface area (Å²) < 4.78 is -0.637. The van der Waals surface area contributed by atoms with Crippen LogP contribution in [0, 0.1) is 11.8 Å². The Labute approximate surface area is 240 Å². The van der Waals surface area contributed by atoms with E-state index in [1.807, 2.05) is 42.5 Å². The number of hydrogen-bond donors (Lipinski definition) is 1. The highest BCUT2D eigenvalue weighted by Crippen LogP contribution is 2.66. The summed E-state index contributed by atoms with van der Waals surface area (Å²) in [6.07, 6.45) is 7.07. The van der Waals surface area contributed by atoms with E-state index >= 15 is 0 Å². The quantitative estimate of drug-likeness (QED) is 0.310. The Morgan fingerprint density at radius 1 is 1.07 bits per heavy atom. The van der Waals surface area contributed by atoms with Crippen LogP contribution in [0.4, 0.5) is 5.69 Å². The average molecular weight is 562 g/mol. The molecule has 3 amide bonds. The van der Waals surface area contributed by atoms with E-state index in [0.717, 1.165) is 35.7 Å². The van der Waals surface area contributed by atoms with Crippen molar-refractivity contribution in [2.24, 2.45) is 11.8 Å². The molecule has 2 aromatic rings. The fraction of sp³-hybridized carbons (Fsp3) is 0.469. The van der Waals surface area contributed by atoms with Crippen LogP contribution in [0.25, 0.3) is 10.8 Å². The molecule has 3 saturated heterocycles. The Hall–Kier alpha value is -3.10. The fourth-order valence-electron chi connectivity index (χ4n) is 7.01. The van der Waals surface area contributed by atoms with E-state index < -0.39 is 22.6 Å². The summed E-state index contributed by atoms with van der Waals surface area (Å²) >= 11 is 1.69. The molecule has 2 bridgehead atoms. The predicted molar refractivity (Wildman–Crippen MR) is 161 cm³/mol. The third-order valence-electron chi connectivity index (χ3n) is 8.78. The van der Waals surface area contributed by atoms with Crippen molar-refractivity contribution in [2.75, 3.05) is 38.2 Å². The maximum absolute atomic E-state index is 14.7. The molecule has 1 N–H and O–H groups in total. The summed E-state index contributed by atoms with van der Waals surface area (Å²) in [5.41, 5.74) is 0.770. The number of hydrogen-bond acceptors (Lipinski definition) is 5. The third kappa shape index (κ3) is 4.75. The third-order valence-corrected chi connectivity index (χ3v) is 10.7. The molecule has 212 valence electrons. The molecule has 3 heterocycles. The lowest BCUT2D eigenvalue weighted by molar-refractivity contribution is -0.143. The number of likely N-dealkylation sites (tertiary alicyclic amines) is 1. The van der Waals surface area contributed by atoms with Gasteiger partial charge in [-0.25, -0.2) is 0 Å². The van der Waals surface area contributed by atoms with E-state index in [9.17, 15) is 19.5 Å². The number of carbonyl (C=O) groups is 3. The van der Waals surface area contributed by atoms with Crippen LogP contribution in [-0.4, -0.2) is 82.0 Å². The second-order valence-corrected chi connectivity index (χ2v) is 12.7. The number of thioether (sulfide) groups is 1. The van der Waals surface area contributed by atoms with E-state index in [4.69, 9.17) is 0 Å². The number of rotatable bonds is 12. The minimum atomic E-state index is -0.664. The van der Waals surface area contributed by atoms with Crippen molar-refractivity contribution in [3.05, 3.63) is 67.8 Å². The number of aliphatic hydroxyl groups is 1. The smallest absolute Gasteiger partial charge is 0.251 e. The van der Waals surface area contributed by atoms with Crippen molar-refractivity contribution >= 4 is 45.9 Å². The molecule has 5 atom stereocenters. The Morgan fingerprint density at radius 2 is 1.82 bits per heavy atom. The summed E-state index contributed by atoms with van der Waals surface area (Å²) in [6, 6.07) is 13.4. The van der Waals surface area contributed by atoms with Gasteiger partial charge in [0.05, 0.1) is 16.6 Å². The SMILES string of the molecule is C=CCN(C)C(=O)[C@@H]1[C@@H]2CCC3(S2)C(C(=O)N(CC=C)c2ccc4ccccc4c2)N(CCCCCO)C(=O)[C@H]13. The standard InChI is InChI=1S/C32H39N3O4S/c1-4-17-33(3)29(37)26-25-15-16-32(40-25)27(26)30(38)35(19-9-6-10-20-36)28(32)31(39)34(18-5-2)24-14-13-22-11-7-8-12-23(22)21-24/h4-5,7-8,11-14,21,25-28,36H,1-2,6,9-10,15-20H2,3H3/t25-,26+,27-,28?,32?/m0/s1. The molecule has 3 aliphatic rings. The van der Waals surface area contributed by atoms with Gasteiger partial charge in [-0.05, 0) is 55.0 Å². The highest BCUT2D eigenvalue weighted by Gasteiger charge is 2.73. The van der Waals surface area contributed by atoms with Crippen LogP contribution in [0.3, 0.4) is 0 Å². The van der Waals surface area contributed by atoms with Gasteiger partial charge in [-0.1, -0.05) is 42.5 Å². The zero-order chi connectivity index (χ0) is 28.4. The normalized spacial score (nSPS) is 26.6. The van der Waals surface area contributed by atoms with Crippen molar-refractivity contribution in [1.82, 2.24) is 9.80 Å². The zero-order valence-electron chi connectivity index (χ0n) is 23.2. The summed E-state index contributed by atoms with van der Waals surface area (Å²) in [4.78, 5) is 47.7. The number of carbonyl (C=O) groups excluding carboxylic acids is 3. The lowest BCUT2D eigenvalue weighted by atomic mass is 9.70. The van der Waals surface area contributed by atoms with Crippen molar-refractivity contribution < 1.29 is 19.5 Å². The van der Waals surface area contributed by atoms with Crippen LogP contribution in [0.5, 0.6) is 0 Å². The van der Waals surface area contributed by atoms with Gasteiger partial charge in [-0.15, -0.1) is 24.9 Å². The van der Waals surface area contributed by atoms with Crippen LogP contribution in [0.15, 0.2) is 67.8 Å². The average Bonchev–Trinajstić information content (AvgIpc) is 3.60. The van der Waals surface area contributed by atoms with E-state index in [0.29, 0.717) is 32.5 Å². The Kier molecular flexibility index (Phi) is 8.38. The van der Waals surface area contributed by atoms with Gasteiger partial charge < -0.3 is 19.8 Å². The minimum Gasteiger partial charge on any atom is -0.396 e. The topological polar surface area (TPSA) is 81.2 Å². The summed E-state index contributed by atoms with van der Waals surface area (Å²) in [7, 11) is 1.76. The lowest BCUT2D eigenvalue weighted by Gasteiger charge is -2.37. The number of aliphatic hydroxyl groups excluding tert-OH is 1. The van der Waals surface area contributed by atoms with E-state index in [2.05, 4.69) is 13.2 Å². The molecule has 5 rings (SSSR count). The molecule has 0 aromatic heterocycles. The minimum absolute atomic E-state index is 0.0223. The van der Waals surface area contributed by atoms with Gasteiger partial charge in [0.1, 0.15) is 6.04 Å². The molecular weight excluding hydrogens is 522 g/mol. The number of anilines is 1. The molecule has 7 nitrogen and oxygen atoms in total. The fourth-order valence-corrected chi connectivity index (χ4v) is 9.21. The van der Waals surface area contributed by atoms with E-state index in [1.54, 1.807) is 45.7 Å². The summed E-state index contributed by atoms with van der Waals surface area (Å²) in [5, 5.41) is 11.4. The molecule has 3 fully saturated rings. The van der Waals surface area contributed by atoms with Crippen LogP contribution in [0.1, 0.15) is 32.1 Å². The molecule has 0 aliphatic carbocycles. The molecule has 2 aromatic carbocycles. The van der Waals surface area contributed by atoms with Crippen LogP contribution >= 0.6 is 11.8 Å². The molecule has 3 aliphatic heterocycles. The molecular formula is C32H39N3O4S. The number of benzene rings is 2. The molecule has 40 heavy (non-hydrogen) atoms. The predicted octanol–water partition coefficient (Wildman–Crippen LogP) is 4.26. The largest absolute Gasteiger partial charge is 0.396 e. The number of unbranched alkanes of at least 4 members (excludes halogenated alkanes) is 2. The number of fused-ring (bicyclic) bond motifs is 2. The van der Waals surface area contributed by atoms with Crippen LogP contribution < -0.4 is 4.90 Å². The van der Waals surface area contributed by atoms with E-state index in [1.165, 1.54) is 0 Å². The number of amides is 3. The van der Waals surface area contributed by atoms with Crippen molar-refractivity contribution in [1.29, 1.82) is 0 Å². The maximum atomic E-state index is 14.7. The summed E-state index contributed by atoms with van der Waals surface area (Å²) in [6.45, 7) is 8.96.